The minimum absolute atomic E-state index is 0.0885. The smallest absolute Gasteiger partial charge is 0.258 e. The summed E-state index contributed by atoms with van der Waals surface area (Å²) in [6, 6.07) is 2.08. The lowest BCUT2D eigenvalue weighted by Gasteiger charge is -1.98. The molecule has 16 heavy (non-hydrogen) atoms. The first kappa shape index (κ1) is 9.90. The highest BCUT2D eigenvalue weighted by Crippen LogP contribution is 2.28. The summed E-state index contributed by atoms with van der Waals surface area (Å²) in [6.07, 6.45) is 2.45. The van der Waals surface area contributed by atoms with Gasteiger partial charge < -0.3 is 0 Å². The fourth-order valence-corrected chi connectivity index (χ4v) is 1.31. The number of benzene rings is 1. The zero-order valence-corrected chi connectivity index (χ0v) is 7.73. The second-order valence-electron chi connectivity index (χ2n) is 2.94. The molecule has 2 aromatic rings. The van der Waals surface area contributed by atoms with E-state index in [0.717, 1.165) is 12.4 Å². The number of hydrogen-bond acceptors (Lipinski definition) is 6. The summed E-state index contributed by atoms with van der Waals surface area (Å²) < 4.78 is 0. The maximum atomic E-state index is 10.7. The van der Waals surface area contributed by atoms with Gasteiger partial charge in [0.2, 0.25) is 0 Å². The Hall–Kier alpha value is -2.64. The quantitative estimate of drug-likeness (QED) is 0.559. The fraction of sp³-hybridized carbons (Fsp3) is 0. The van der Waals surface area contributed by atoms with Crippen molar-refractivity contribution in [1.82, 2.24) is 9.97 Å². The lowest BCUT2D eigenvalue weighted by atomic mass is 10.2. The molecular weight excluding hydrogens is 216 g/mol. The van der Waals surface area contributed by atoms with E-state index in [-0.39, 0.29) is 16.6 Å². The number of non-ortho nitro benzene ring substituents is 2. The van der Waals surface area contributed by atoms with E-state index in [9.17, 15) is 20.2 Å². The van der Waals surface area contributed by atoms with Crippen LogP contribution in [0.2, 0.25) is 0 Å². The van der Waals surface area contributed by atoms with Gasteiger partial charge in [0.1, 0.15) is 6.33 Å². The third kappa shape index (κ3) is 1.52. The summed E-state index contributed by atoms with van der Waals surface area (Å²) in [7, 11) is 0. The molecule has 2 rings (SSSR count). The summed E-state index contributed by atoms with van der Waals surface area (Å²) in [5.41, 5.74) is -0.661. The first-order valence-electron chi connectivity index (χ1n) is 4.12. The summed E-state index contributed by atoms with van der Waals surface area (Å²) in [5.74, 6) is 0. The normalized spacial score (nSPS) is 10.2. The zero-order valence-electron chi connectivity index (χ0n) is 7.73. The SMILES string of the molecule is O=[N+]([O-])c1cc([N+](=O)[O-])c2ncncc2c1. The largest absolute Gasteiger partial charge is 0.302 e. The Kier molecular flexibility index (Phi) is 2.16. The van der Waals surface area contributed by atoms with Crippen molar-refractivity contribution >= 4 is 22.3 Å². The van der Waals surface area contributed by atoms with Gasteiger partial charge in [0.15, 0.2) is 5.52 Å². The molecule has 1 aromatic heterocycles. The molecule has 0 N–H and O–H groups in total. The van der Waals surface area contributed by atoms with Gasteiger partial charge >= 0.3 is 5.69 Å². The number of rotatable bonds is 2. The number of aromatic nitrogens is 2. The number of nitro groups is 2. The topological polar surface area (TPSA) is 112 Å². The van der Waals surface area contributed by atoms with E-state index in [1.165, 1.54) is 12.3 Å². The molecule has 0 bridgehead atoms. The van der Waals surface area contributed by atoms with Gasteiger partial charge in [-0.3, -0.25) is 20.2 Å². The Morgan fingerprint density at radius 3 is 2.50 bits per heavy atom. The molecule has 0 aliphatic carbocycles. The maximum Gasteiger partial charge on any atom is 0.302 e. The molecule has 1 heterocycles. The minimum atomic E-state index is -0.706. The average Bonchev–Trinajstić information content (AvgIpc) is 2.27. The van der Waals surface area contributed by atoms with Crippen LogP contribution in [-0.4, -0.2) is 19.8 Å². The first-order valence-corrected chi connectivity index (χ1v) is 4.12. The number of fused-ring (bicyclic) bond motifs is 1. The second kappa shape index (κ2) is 3.50. The highest BCUT2D eigenvalue weighted by Gasteiger charge is 2.19. The molecule has 0 saturated carbocycles. The van der Waals surface area contributed by atoms with Gasteiger partial charge in [-0.15, -0.1) is 0 Å². The predicted octanol–water partition coefficient (Wildman–Crippen LogP) is 1.45. The summed E-state index contributed by atoms with van der Waals surface area (Å²) >= 11 is 0. The molecule has 0 spiro atoms. The Morgan fingerprint density at radius 2 is 1.88 bits per heavy atom. The number of hydrogen-bond donors (Lipinski definition) is 0. The van der Waals surface area contributed by atoms with Gasteiger partial charge in [-0.25, -0.2) is 9.97 Å². The van der Waals surface area contributed by atoms with E-state index >= 15 is 0 Å². The third-order valence-corrected chi connectivity index (χ3v) is 1.98. The molecular formula is C8H4N4O4. The Bertz CT molecular complexity index is 598. The molecule has 8 nitrogen and oxygen atoms in total. The van der Waals surface area contributed by atoms with Crippen molar-refractivity contribution in [2.24, 2.45) is 0 Å². The minimum Gasteiger partial charge on any atom is -0.258 e. The molecule has 1 aromatic carbocycles. The molecule has 0 amide bonds. The summed E-state index contributed by atoms with van der Waals surface area (Å²) in [4.78, 5) is 27.3. The Balaban J connectivity index is 2.84. The predicted molar refractivity (Wildman–Crippen MR) is 52.8 cm³/mol. The van der Waals surface area contributed by atoms with E-state index in [4.69, 9.17) is 0 Å². The van der Waals surface area contributed by atoms with Crippen LogP contribution in [0.25, 0.3) is 10.9 Å². The Labute approximate surface area is 87.9 Å². The van der Waals surface area contributed by atoms with Gasteiger partial charge in [0.05, 0.1) is 15.9 Å². The highest BCUT2D eigenvalue weighted by molar-refractivity contribution is 5.88. The molecule has 0 aliphatic heterocycles. The lowest BCUT2D eigenvalue weighted by molar-refractivity contribution is -0.393. The standard InChI is InChI=1S/C8H4N4O4/c13-11(14)6-1-5-3-9-4-10-8(5)7(2-6)12(15)16/h1-4H. The van der Waals surface area contributed by atoms with Gasteiger partial charge in [0, 0.05) is 17.6 Å². The lowest BCUT2D eigenvalue weighted by Crippen LogP contribution is -1.95. The van der Waals surface area contributed by atoms with Crippen LogP contribution in [0.15, 0.2) is 24.7 Å². The van der Waals surface area contributed by atoms with E-state index in [0.29, 0.717) is 0 Å². The van der Waals surface area contributed by atoms with Crippen LogP contribution in [0.4, 0.5) is 11.4 Å². The van der Waals surface area contributed by atoms with Gasteiger partial charge in [-0.2, -0.15) is 0 Å². The second-order valence-corrected chi connectivity index (χ2v) is 2.94. The van der Waals surface area contributed by atoms with E-state index in [1.807, 2.05) is 0 Å². The van der Waals surface area contributed by atoms with Crippen molar-refractivity contribution in [3.05, 3.63) is 44.9 Å². The highest BCUT2D eigenvalue weighted by atomic mass is 16.6. The molecule has 0 unspecified atom stereocenters. The fourth-order valence-electron chi connectivity index (χ4n) is 1.31. The maximum absolute atomic E-state index is 10.7. The van der Waals surface area contributed by atoms with Gasteiger partial charge in [-0.05, 0) is 0 Å². The van der Waals surface area contributed by atoms with Crippen LogP contribution in [0.1, 0.15) is 0 Å². The van der Waals surface area contributed by atoms with E-state index in [1.54, 1.807) is 0 Å². The van der Waals surface area contributed by atoms with Crippen LogP contribution >= 0.6 is 0 Å². The van der Waals surface area contributed by atoms with Crippen molar-refractivity contribution in [2.45, 2.75) is 0 Å². The third-order valence-electron chi connectivity index (χ3n) is 1.98. The average molecular weight is 220 g/mol. The summed E-state index contributed by atoms with van der Waals surface area (Å²) in [6.45, 7) is 0. The number of nitrogens with zero attached hydrogens (tertiary/aromatic N) is 4. The van der Waals surface area contributed by atoms with Crippen molar-refractivity contribution in [2.75, 3.05) is 0 Å². The van der Waals surface area contributed by atoms with Crippen molar-refractivity contribution < 1.29 is 9.85 Å². The zero-order chi connectivity index (χ0) is 11.7. The van der Waals surface area contributed by atoms with Crippen molar-refractivity contribution in [3.8, 4) is 0 Å². The molecule has 0 radical (unpaired) electrons. The van der Waals surface area contributed by atoms with Crippen LogP contribution < -0.4 is 0 Å². The monoisotopic (exact) mass is 220 g/mol. The van der Waals surface area contributed by atoms with Crippen LogP contribution in [0.3, 0.4) is 0 Å². The van der Waals surface area contributed by atoms with Crippen molar-refractivity contribution in [3.63, 3.8) is 0 Å². The molecule has 8 heteroatoms. The van der Waals surface area contributed by atoms with Crippen molar-refractivity contribution in [1.29, 1.82) is 0 Å². The van der Waals surface area contributed by atoms with E-state index in [2.05, 4.69) is 9.97 Å². The van der Waals surface area contributed by atoms with Crippen LogP contribution in [-0.2, 0) is 0 Å². The van der Waals surface area contributed by atoms with Crippen LogP contribution in [0.5, 0.6) is 0 Å². The van der Waals surface area contributed by atoms with Crippen LogP contribution in [0, 0.1) is 20.2 Å². The van der Waals surface area contributed by atoms with Gasteiger partial charge in [0.25, 0.3) is 5.69 Å². The molecule has 0 aliphatic rings. The Morgan fingerprint density at radius 1 is 1.12 bits per heavy atom. The summed E-state index contributed by atoms with van der Waals surface area (Å²) in [5, 5.41) is 21.5. The molecule has 0 fully saturated rings. The van der Waals surface area contributed by atoms with E-state index < -0.39 is 15.5 Å². The number of nitro benzene ring substituents is 2. The van der Waals surface area contributed by atoms with Gasteiger partial charge in [-0.1, -0.05) is 0 Å². The molecule has 80 valence electrons. The molecule has 0 atom stereocenters. The first-order chi connectivity index (χ1) is 7.59. The molecule has 0 saturated heterocycles.